The Kier molecular flexibility index (Phi) is 7.20. The zero-order chi connectivity index (χ0) is 22.6. The van der Waals surface area contributed by atoms with Crippen LogP contribution in [0.5, 0.6) is 5.75 Å². The minimum Gasteiger partial charge on any atom is -0.507 e. The van der Waals surface area contributed by atoms with Crippen LogP contribution < -0.4 is 16.3 Å². The van der Waals surface area contributed by atoms with Crippen LogP contribution in [0.2, 0.25) is 0 Å². The van der Waals surface area contributed by atoms with Crippen molar-refractivity contribution < 1.29 is 29.0 Å². The second-order valence-electron chi connectivity index (χ2n) is 7.37. The SMILES string of the molecule is CC[C@@H](C)[C@H](NC(=O)CNC(=O)Cc1c(C)c2c(O)cc(C)cc2oc1=O)C(=O)O. The Labute approximate surface area is 173 Å². The van der Waals surface area contributed by atoms with Crippen molar-refractivity contribution >= 4 is 28.8 Å². The number of aryl methyl sites for hydroxylation is 2. The Hall–Kier alpha value is -3.36. The van der Waals surface area contributed by atoms with Gasteiger partial charge in [-0.2, -0.15) is 0 Å². The lowest BCUT2D eigenvalue weighted by molar-refractivity contribution is -0.143. The van der Waals surface area contributed by atoms with Gasteiger partial charge in [-0.15, -0.1) is 0 Å². The van der Waals surface area contributed by atoms with E-state index in [1.54, 1.807) is 26.8 Å². The predicted octanol–water partition coefficient (Wildman–Crippen LogP) is 1.39. The monoisotopic (exact) mass is 418 g/mol. The van der Waals surface area contributed by atoms with Crippen molar-refractivity contribution in [2.24, 2.45) is 5.92 Å². The van der Waals surface area contributed by atoms with Gasteiger partial charge in [0.05, 0.1) is 23.9 Å². The van der Waals surface area contributed by atoms with Crippen LogP contribution >= 0.6 is 0 Å². The number of hydrogen-bond donors (Lipinski definition) is 4. The minimum atomic E-state index is -1.15. The molecule has 0 aliphatic rings. The largest absolute Gasteiger partial charge is 0.507 e. The summed E-state index contributed by atoms with van der Waals surface area (Å²) in [5.74, 6) is -2.74. The number of nitrogens with one attached hydrogen (secondary N) is 2. The van der Waals surface area contributed by atoms with E-state index in [0.717, 1.165) is 5.56 Å². The van der Waals surface area contributed by atoms with E-state index in [9.17, 15) is 29.4 Å². The Morgan fingerprint density at radius 1 is 1.17 bits per heavy atom. The molecule has 1 heterocycles. The highest BCUT2D eigenvalue weighted by Crippen LogP contribution is 2.29. The van der Waals surface area contributed by atoms with Gasteiger partial charge in [0, 0.05) is 0 Å². The summed E-state index contributed by atoms with van der Waals surface area (Å²) in [6.45, 7) is 6.44. The molecule has 9 nitrogen and oxygen atoms in total. The van der Waals surface area contributed by atoms with Crippen molar-refractivity contribution in [3.05, 3.63) is 39.2 Å². The molecule has 0 bridgehead atoms. The van der Waals surface area contributed by atoms with Crippen LogP contribution in [0.3, 0.4) is 0 Å². The summed E-state index contributed by atoms with van der Waals surface area (Å²) in [7, 11) is 0. The van der Waals surface area contributed by atoms with Gasteiger partial charge in [0.1, 0.15) is 17.4 Å². The van der Waals surface area contributed by atoms with E-state index in [0.29, 0.717) is 17.4 Å². The molecule has 0 unspecified atom stereocenters. The molecule has 2 aromatic rings. The standard InChI is InChI=1S/C21H26N2O7/c1-5-11(3)19(20(27)28)23-17(26)9-22-16(25)8-13-12(4)18-14(24)6-10(2)7-15(18)30-21(13)29/h6-7,11,19,24H,5,8-9H2,1-4H3,(H,22,25)(H,23,26)(H,27,28)/t11-,19+/m1/s1. The van der Waals surface area contributed by atoms with Crippen LogP contribution in [0.4, 0.5) is 0 Å². The normalized spacial score (nSPS) is 12.9. The van der Waals surface area contributed by atoms with Gasteiger partial charge >= 0.3 is 11.6 Å². The van der Waals surface area contributed by atoms with Gasteiger partial charge in [0.2, 0.25) is 11.8 Å². The van der Waals surface area contributed by atoms with Crippen molar-refractivity contribution in [2.45, 2.75) is 46.6 Å². The molecule has 0 radical (unpaired) electrons. The summed E-state index contributed by atoms with van der Waals surface area (Å²) in [5, 5.41) is 24.5. The van der Waals surface area contributed by atoms with Gasteiger partial charge in [0.15, 0.2) is 0 Å². The first-order valence-electron chi connectivity index (χ1n) is 9.59. The summed E-state index contributed by atoms with van der Waals surface area (Å²) < 4.78 is 5.24. The molecule has 0 aliphatic carbocycles. The van der Waals surface area contributed by atoms with Gasteiger partial charge in [-0.3, -0.25) is 9.59 Å². The Bertz CT molecular complexity index is 1040. The van der Waals surface area contributed by atoms with E-state index in [2.05, 4.69) is 10.6 Å². The number of carbonyl (C=O) groups excluding carboxylic acids is 2. The van der Waals surface area contributed by atoms with Crippen LogP contribution in [0.15, 0.2) is 21.3 Å². The number of hydrogen-bond acceptors (Lipinski definition) is 6. The fourth-order valence-electron chi connectivity index (χ4n) is 3.17. The third-order valence-electron chi connectivity index (χ3n) is 5.08. The number of benzene rings is 1. The number of carbonyl (C=O) groups is 3. The smallest absolute Gasteiger partial charge is 0.340 e. The molecule has 9 heteroatoms. The highest BCUT2D eigenvalue weighted by Gasteiger charge is 2.25. The number of aromatic hydroxyl groups is 1. The van der Waals surface area contributed by atoms with Crippen molar-refractivity contribution in [1.82, 2.24) is 10.6 Å². The second kappa shape index (κ2) is 9.43. The molecule has 0 fully saturated rings. The van der Waals surface area contributed by atoms with Crippen LogP contribution in [0, 0.1) is 19.8 Å². The topological polar surface area (TPSA) is 146 Å². The maximum atomic E-state index is 12.3. The average molecular weight is 418 g/mol. The number of phenolic OH excluding ortho intramolecular Hbond substituents is 1. The third kappa shape index (κ3) is 5.16. The molecule has 0 saturated heterocycles. The number of phenols is 1. The molecular formula is C21H26N2O7. The number of aliphatic carboxylic acids is 1. The molecule has 4 N–H and O–H groups in total. The lowest BCUT2D eigenvalue weighted by Gasteiger charge is -2.20. The highest BCUT2D eigenvalue weighted by atomic mass is 16.4. The summed E-state index contributed by atoms with van der Waals surface area (Å²) in [6.07, 6.45) is 0.214. The number of carboxylic acid groups (broad SMARTS) is 1. The lowest BCUT2D eigenvalue weighted by Crippen LogP contribution is -2.48. The summed E-state index contributed by atoms with van der Waals surface area (Å²) in [6, 6.07) is 2.09. The second-order valence-corrected chi connectivity index (χ2v) is 7.37. The molecule has 1 aromatic carbocycles. The van der Waals surface area contributed by atoms with E-state index >= 15 is 0 Å². The molecule has 2 amide bonds. The molecule has 2 rings (SSSR count). The Balaban J connectivity index is 2.10. The van der Waals surface area contributed by atoms with Crippen LogP contribution in [0.25, 0.3) is 11.0 Å². The number of amides is 2. The van der Waals surface area contributed by atoms with E-state index in [-0.39, 0.29) is 29.2 Å². The fraction of sp³-hybridized carbons (Fsp3) is 0.429. The Morgan fingerprint density at radius 2 is 1.83 bits per heavy atom. The molecule has 0 aliphatic heterocycles. The number of fused-ring (bicyclic) bond motifs is 1. The van der Waals surface area contributed by atoms with Gasteiger partial charge in [0.25, 0.3) is 0 Å². The first-order valence-corrected chi connectivity index (χ1v) is 9.59. The number of rotatable bonds is 8. The van der Waals surface area contributed by atoms with E-state index in [1.165, 1.54) is 6.07 Å². The molecular weight excluding hydrogens is 392 g/mol. The maximum absolute atomic E-state index is 12.3. The number of carboxylic acids is 1. The van der Waals surface area contributed by atoms with Gasteiger partial charge in [-0.25, -0.2) is 9.59 Å². The first-order chi connectivity index (χ1) is 14.0. The molecule has 30 heavy (non-hydrogen) atoms. The molecule has 0 spiro atoms. The van der Waals surface area contributed by atoms with Crippen molar-refractivity contribution in [3.63, 3.8) is 0 Å². The van der Waals surface area contributed by atoms with Crippen LogP contribution in [-0.4, -0.2) is 40.6 Å². The summed E-state index contributed by atoms with van der Waals surface area (Å²) in [5.41, 5.74) is 0.732. The van der Waals surface area contributed by atoms with E-state index in [1.807, 2.05) is 6.92 Å². The molecule has 2 atom stereocenters. The lowest BCUT2D eigenvalue weighted by atomic mass is 9.99. The minimum absolute atomic E-state index is 0.0583. The molecule has 1 aromatic heterocycles. The highest BCUT2D eigenvalue weighted by molar-refractivity contribution is 5.91. The zero-order valence-corrected chi connectivity index (χ0v) is 17.4. The first kappa shape index (κ1) is 22.9. The third-order valence-corrected chi connectivity index (χ3v) is 5.08. The molecule has 0 saturated carbocycles. The van der Waals surface area contributed by atoms with E-state index < -0.39 is 36.0 Å². The van der Waals surface area contributed by atoms with Crippen molar-refractivity contribution in [1.29, 1.82) is 0 Å². The Morgan fingerprint density at radius 3 is 2.43 bits per heavy atom. The zero-order valence-electron chi connectivity index (χ0n) is 17.4. The van der Waals surface area contributed by atoms with E-state index in [4.69, 9.17) is 4.42 Å². The quantitative estimate of drug-likeness (QED) is 0.474. The molecule has 162 valence electrons. The average Bonchev–Trinajstić information content (AvgIpc) is 2.66. The summed E-state index contributed by atoms with van der Waals surface area (Å²) in [4.78, 5) is 47.9. The summed E-state index contributed by atoms with van der Waals surface area (Å²) >= 11 is 0. The van der Waals surface area contributed by atoms with Gasteiger partial charge in [-0.05, 0) is 43.0 Å². The van der Waals surface area contributed by atoms with Crippen molar-refractivity contribution in [3.8, 4) is 5.75 Å². The predicted molar refractivity (Wildman–Crippen MR) is 109 cm³/mol. The fourth-order valence-corrected chi connectivity index (χ4v) is 3.17. The van der Waals surface area contributed by atoms with Gasteiger partial charge in [-0.1, -0.05) is 20.3 Å². The van der Waals surface area contributed by atoms with Crippen LogP contribution in [0.1, 0.15) is 37.0 Å². The van der Waals surface area contributed by atoms with Gasteiger partial charge < -0.3 is 25.3 Å². The maximum Gasteiger partial charge on any atom is 0.340 e. The van der Waals surface area contributed by atoms with Crippen molar-refractivity contribution in [2.75, 3.05) is 6.54 Å². The van der Waals surface area contributed by atoms with Crippen LogP contribution in [-0.2, 0) is 20.8 Å².